The van der Waals surface area contributed by atoms with Crippen LogP contribution in [0.15, 0.2) is 65.6 Å². The second kappa shape index (κ2) is 8.38. The van der Waals surface area contributed by atoms with Gasteiger partial charge >= 0.3 is 0 Å². The second-order valence-corrected chi connectivity index (χ2v) is 10.0. The molecule has 7 heteroatoms. The average Bonchev–Trinajstić information content (AvgIpc) is 2.75. The Bertz CT molecular complexity index is 1210. The Morgan fingerprint density at radius 1 is 1.07 bits per heavy atom. The third kappa shape index (κ3) is 4.21. The number of halogens is 1. The fourth-order valence-corrected chi connectivity index (χ4v) is 5.64. The standard InChI is InChI=1S/C23H23ClN2O3S/c1-16-13-20(24)9-11-22(16)25-23(27)19-7-4-12-26(15-19)30(28,29)21-10-8-17-5-2-3-6-18(17)14-21/h2-3,5-6,8-11,13-14,19H,4,7,12,15H2,1H3,(H,25,27). The molecule has 1 N–H and O–H groups in total. The summed E-state index contributed by atoms with van der Waals surface area (Å²) in [5, 5.41) is 5.40. The molecule has 0 saturated carbocycles. The lowest BCUT2D eigenvalue weighted by atomic mass is 9.98. The summed E-state index contributed by atoms with van der Waals surface area (Å²) < 4.78 is 27.9. The van der Waals surface area contributed by atoms with Crippen LogP contribution < -0.4 is 5.32 Å². The number of nitrogens with one attached hydrogen (secondary N) is 1. The fraction of sp³-hybridized carbons (Fsp3) is 0.261. The number of aryl methyl sites for hydroxylation is 1. The zero-order valence-electron chi connectivity index (χ0n) is 16.6. The van der Waals surface area contributed by atoms with Gasteiger partial charge in [-0.3, -0.25) is 4.79 Å². The lowest BCUT2D eigenvalue weighted by Crippen LogP contribution is -2.43. The Hall–Kier alpha value is -2.41. The van der Waals surface area contributed by atoms with Crippen LogP contribution in [0.4, 0.5) is 5.69 Å². The predicted octanol–water partition coefficient (Wildman–Crippen LogP) is 4.84. The van der Waals surface area contributed by atoms with Crippen molar-refractivity contribution < 1.29 is 13.2 Å². The van der Waals surface area contributed by atoms with Gasteiger partial charge in [0.05, 0.1) is 10.8 Å². The van der Waals surface area contributed by atoms with Crippen molar-refractivity contribution in [3.63, 3.8) is 0 Å². The quantitative estimate of drug-likeness (QED) is 0.628. The first-order chi connectivity index (χ1) is 14.3. The van der Waals surface area contributed by atoms with Gasteiger partial charge in [0.15, 0.2) is 0 Å². The van der Waals surface area contributed by atoms with Crippen LogP contribution in [0.1, 0.15) is 18.4 Å². The Balaban J connectivity index is 1.52. The molecule has 1 aliphatic heterocycles. The average molecular weight is 443 g/mol. The van der Waals surface area contributed by atoms with E-state index in [0.717, 1.165) is 16.3 Å². The molecule has 3 aromatic carbocycles. The van der Waals surface area contributed by atoms with Crippen molar-refractivity contribution in [2.24, 2.45) is 5.92 Å². The van der Waals surface area contributed by atoms with Crippen molar-refractivity contribution in [3.8, 4) is 0 Å². The molecule has 5 nitrogen and oxygen atoms in total. The van der Waals surface area contributed by atoms with E-state index in [-0.39, 0.29) is 17.3 Å². The number of hydrogen-bond acceptors (Lipinski definition) is 3. The molecule has 4 rings (SSSR count). The molecule has 1 fully saturated rings. The molecule has 1 aliphatic rings. The molecule has 1 atom stereocenters. The lowest BCUT2D eigenvalue weighted by Gasteiger charge is -2.31. The Kier molecular flexibility index (Phi) is 5.82. The fourth-order valence-electron chi connectivity index (χ4n) is 3.85. The summed E-state index contributed by atoms with van der Waals surface area (Å²) in [6.45, 7) is 2.46. The number of carbonyl (C=O) groups excluding carboxylic acids is 1. The van der Waals surface area contributed by atoms with Gasteiger partial charge in [0.1, 0.15) is 0 Å². The third-order valence-electron chi connectivity index (χ3n) is 5.56. The molecule has 1 amide bonds. The number of sulfonamides is 1. The molecule has 0 spiro atoms. The zero-order chi connectivity index (χ0) is 21.3. The maximum Gasteiger partial charge on any atom is 0.243 e. The highest BCUT2D eigenvalue weighted by molar-refractivity contribution is 7.89. The van der Waals surface area contributed by atoms with E-state index in [9.17, 15) is 13.2 Å². The molecular formula is C23H23ClN2O3S. The Morgan fingerprint density at radius 2 is 1.83 bits per heavy atom. The van der Waals surface area contributed by atoms with E-state index in [0.29, 0.717) is 30.1 Å². The van der Waals surface area contributed by atoms with Crippen LogP contribution in [-0.4, -0.2) is 31.7 Å². The minimum atomic E-state index is -3.67. The summed E-state index contributed by atoms with van der Waals surface area (Å²) in [5.41, 5.74) is 1.56. The van der Waals surface area contributed by atoms with Crippen molar-refractivity contribution in [3.05, 3.63) is 71.2 Å². The molecule has 0 aliphatic carbocycles. The smallest absolute Gasteiger partial charge is 0.243 e. The predicted molar refractivity (Wildman–Crippen MR) is 120 cm³/mol. The lowest BCUT2D eigenvalue weighted by molar-refractivity contribution is -0.120. The van der Waals surface area contributed by atoms with Crippen LogP contribution >= 0.6 is 11.6 Å². The van der Waals surface area contributed by atoms with Crippen molar-refractivity contribution >= 4 is 44.0 Å². The molecule has 0 aromatic heterocycles. The maximum absolute atomic E-state index is 13.2. The van der Waals surface area contributed by atoms with Crippen molar-refractivity contribution in [1.82, 2.24) is 4.31 Å². The number of anilines is 1. The van der Waals surface area contributed by atoms with Gasteiger partial charge in [-0.05, 0) is 66.4 Å². The van der Waals surface area contributed by atoms with Crippen molar-refractivity contribution in [2.75, 3.05) is 18.4 Å². The van der Waals surface area contributed by atoms with Crippen LogP contribution in [0.25, 0.3) is 10.8 Å². The topological polar surface area (TPSA) is 66.5 Å². The number of rotatable bonds is 4. The van der Waals surface area contributed by atoms with E-state index in [1.165, 1.54) is 4.31 Å². The number of hydrogen-bond donors (Lipinski definition) is 1. The summed E-state index contributed by atoms with van der Waals surface area (Å²) in [6.07, 6.45) is 1.30. The van der Waals surface area contributed by atoms with Gasteiger partial charge in [-0.1, -0.05) is 41.9 Å². The number of fused-ring (bicyclic) bond motifs is 1. The normalized spacial score (nSPS) is 17.7. The van der Waals surface area contributed by atoms with E-state index < -0.39 is 15.9 Å². The zero-order valence-corrected chi connectivity index (χ0v) is 18.2. The minimum Gasteiger partial charge on any atom is -0.326 e. The molecule has 1 saturated heterocycles. The van der Waals surface area contributed by atoms with Gasteiger partial charge < -0.3 is 5.32 Å². The van der Waals surface area contributed by atoms with E-state index in [1.54, 1.807) is 30.3 Å². The minimum absolute atomic E-state index is 0.168. The van der Waals surface area contributed by atoms with Crippen LogP contribution in [0.2, 0.25) is 5.02 Å². The van der Waals surface area contributed by atoms with Gasteiger partial charge in [0.25, 0.3) is 0 Å². The molecule has 30 heavy (non-hydrogen) atoms. The van der Waals surface area contributed by atoms with Crippen LogP contribution in [0.5, 0.6) is 0 Å². The highest BCUT2D eigenvalue weighted by atomic mass is 35.5. The van der Waals surface area contributed by atoms with Gasteiger partial charge in [-0.2, -0.15) is 4.31 Å². The van der Waals surface area contributed by atoms with Gasteiger partial charge in [0, 0.05) is 23.8 Å². The SMILES string of the molecule is Cc1cc(Cl)ccc1NC(=O)C1CCCN(S(=O)(=O)c2ccc3ccccc3c2)C1. The maximum atomic E-state index is 13.2. The largest absolute Gasteiger partial charge is 0.326 e. The Morgan fingerprint density at radius 3 is 2.60 bits per heavy atom. The molecule has 1 unspecified atom stereocenters. The number of nitrogens with zero attached hydrogens (tertiary/aromatic N) is 1. The first-order valence-corrected chi connectivity index (χ1v) is 11.7. The molecule has 3 aromatic rings. The van der Waals surface area contributed by atoms with Crippen LogP contribution in [-0.2, 0) is 14.8 Å². The molecule has 0 radical (unpaired) electrons. The number of amides is 1. The summed E-state index contributed by atoms with van der Waals surface area (Å²) >= 11 is 5.98. The molecular weight excluding hydrogens is 420 g/mol. The first-order valence-electron chi connectivity index (χ1n) is 9.90. The van der Waals surface area contributed by atoms with E-state index in [2.05, 4.69) is 5.32 Å². The van der Waals surface area contributed by atoms with Crippen molar-refractivity contribution in [1.29, 1.82) is 0 Å². The summed E-state index contributed by atoms with van der Waals surface area (Å²) in [6, 6.07) is 18.1. The van der Waals surface area contributed by atoms with E-state index in [4.69, 9.17) is 11.6 Å². The van der Waals surface area contributed by atoms with E-state index >= 15 is 0 Å². The number of piperidine rings is 1. The van der Waals surface area contributed by atoms with Crippen LogP contribution in [0, 0.1) is 12.8 Å². The van der Waals surface area contributed by atoms with E-state index in [1.807, 2.05) is 37.3 Å². The molecule has 156 valence electrons. The van der Waals surface area contributed by atoms with Crippen molar-refractivity contribution in [2.45, 2.75) is 24.7 Å². The highest BCUT2D eigenvalue weighted by Gasteiger charge is 2.33. The molecule has 1 heterocycles. The van der Waals surface area contributed by atoms with Crippen LogP contribution in [0.3, 0.4) is 0 Å². The summed E-state index contributed by atoms with van der Waals surface area (Å²) in [7, 11) is -3.67. The second-order valence-electron chi connectivity index (χ2n) is 7.66. The summed E-state index contributed by atoms with van der Waals surface area (Å²) in [4.78, 5) is 13.1. The summed E-state index contributed by atoms with van der Waals surface area (Å²) in [5.74, 6) is -0.567. The van der Waals surface area contributed by atoms with Gasteiger partial charge in [0.2, 0.25) is 15.9 Å². The van der Waals surface area contributed by atoms with Gasteiger partial charge in [-0.25, -0.2) is 8.42 Å². The highest BCUT2D eigenvalue weighted by Crippen LogP contribution is 2.27. The molecule has 0 bridgehead atoms. The number of benzene rings is 3. The van der Waals surface area contributed by atoms with Gasteiger partial charge in [-0.15, -0.1) is 0 Å². The number of carbonyl (C=O) groups is 1. The monoisotopic (exact) mass is 442 g/mol. The third-order valence-corrected chi connectivity index (χ3v) is 7.66. The Labute approximate surface area is 181 Å². The first kappa shape index (κ1) is 20.8.